The maximum Gasteiger partial charge on any atom is 0.238 e. The lowest BCUT2D eigenvalue weighted by Crippen LogP contribution is -2.44. The Morgan fingerprint density at radius 2 is 2.09 bits per heavy atom. The van der Waals surface area contributed by atoms with Crippen molar-refractivity contribution in [3.8, 4) is 0 Å². The highest BCUT2D eigenvalue weighted by molar-refractivity contribution is 7.80. The maximum atomic E-state index is 10.9. The van der Waals surface area contributed by atoms with Crippen LogP contribution >= 0.6 is 12.2 Å². The van der Waals surface area contributed by atoms with Gasteiger partial charge in [0, 0.05) is 6.42 Å². The number of nitrogens with one attached hydrogen (secondary N) is 2. The smallest absolute Gasteiger partial charge is 0.238 e. The van der Waals surface area contributed by atoms with Crippen LogP contribution in [0.2, 0.25) is 0 Å². The summed E-state index contributed by atoms with van der Waals surface area (Å²) in [5, 5.41) is 0.0714. The minimum atomic E-state index is -0.104. The quantitative estimate of drug-likeness (QED) is 0.405. The Morgan fingerprint density at radius 3 is 2.45 bits per heavy atom. The van der Waals surface area contributed by atoms with Crippen LogP contribution in [0.5, 0.6) is 0 Å². The van der Waals surface area contributed by atoms with Crippen molar-refractivity contribution in [3.05, 3.63) is 0 Å². The van der Waals surface area contributed by atoms with Crippen LogP contribution in [-0.4, -0.2) is 11.0 Å². The largest absolute Gasteiger partial charge is 0.375 e. The standard InChI is InChI=1S/C6H13N3OS/c1-4(2)3-5(10)8-9-6(7)11/h4H,3H2,1-2H3,(H,8,10)(H3,7,9,11). The molecule has 0 rings (SSSR count). The van der Waals surface area contributed by atoms with Gasteiger partial charge in [0.2, 0.25) is 5.91 Å². The molecule has 0 fully saturated rings. The first kappa shape index (κ1) is 10.2. The van der Waals surface area contributed by atoms with E-state index in [1.165, 1.54) is 0 Å². The maximum absolute atomic E-state index is 10.9. The van der Waals surface area contributed by atoms with E-state index < -0.39 is 0 Å². The van der Waals surface area contributed by atoms with E-state index in [1.54, 1.807) is 0 Å². The second kappa shape index (κ2) is 4.90. The molecule has 0 aromatic heterocycles. The molecular weight excluding hydrogens is 162 g/mol. The van der Waals surface area contributed by atoms with Crippen molar-refractivity contribution in [1.82, 2.24) is 10.9 Å². The van der Waals surface area contributed by atoms with E-state index in [2.05, 4.69) is 23.1 Å². The van der Waals surface area contributed by atoms with Gasteiger partial charge in [-0.3, -0.25) is 15.6 Å². The van der Waals surface area contributed by atoms with Gasteiger partial charge >= 0.3 is 0 Å². The number of nitrogens with two attached hydrogens (primary N) is 1. The molecule has 5 heteroatoms. The Morgan fingerprint density at radius 1 is 1.55 bits per heavy atom. The Kier molecular flexibility index (Phi) is 4.52. The molecule has 0 aromatic rings. The Labute approximate surface area is 71.5 Å². The van der Waals surface area contributed by atoms with Crippen LogP contribution in [-0.2, 0) is 4.79 Å². The molecule has 0 aliphatic rings. The molecule has 0 aliphatic carbocycles. The zero-order chi connectivity index (χ0) is 8.85. The third kappa shape index (κ3) is 7.05. The molecule has 0 spiro atoms. The van der Waals surface area contributed by atoms with Gasteiger partial charge in [0.05, 0.1) is 0 Å². The minimum absolute atomic E-state index is 0.0714. The molecule has 4 nitrogen and oxygen atoms in total. The molecule has 0 unspecified atom stereocenters. The molecular formula is C6H13N3OS. The lowest BCUT2D eigenvalue weighted by Gasteiger charge is -2.07. The second-order valence-corrected chi connectivity index (χ2v) is 3.08. The predicted molar refractivity (Wildman–Crippen MR) is 47.5 cm³/mol. The van der Waals surface area contributed by atoms with E-state index in [0.29, 0.717) is 12.3 Å². The van der Waals surface area contributed by atoms with Crippen LogP contribution in [0, 0.1) is 5.92 Å². The van der Waals surface area contributed by atoms with Crippen LogP contribution in [0.25, 0.3) is 0 Å². The summed E-state index contributed by atoms with van der Waals surface area (Å²) in [4.78, 5) is 10.9. The second-order valence-electron chi connectivity index (χ2n) is 2.64. The zero-order valence-corrected chi connectivity index (χ0v) is 7.49. The van der Waals surface area contributed by atoms with Crippen molar-refractivity contribution in [2.24, 2.45) is 11.7 Å². The SMILES string of the molecule is CC(C)CC(=O)NNC(N)=S. The molecule has 4 N–H and O–H groups in total. The van der Waals surface area contributed by atoms with Gasteiger partial charge in [0.1, 0.15) is 0 Å². The van der Waals surface area contributed by atoms with Gasteiger partial charge in [-0.2, -0.15) is 0 Å². The molecule has 0 heterocycles. The Bertz CT molecular complexity index is 158. The van der Waals surface area contributed by atoms with E-state index >= 15 is 0 Å². The van der Waals surface area contributed by atoms with Crippen LogP contribution in [0.1, 0.15) is 20.3 Å². The summed E-state index contributed by atoms with van der Waals surface area (Å²) in [5.41, 5.74) is 9.80. The minimum Gasteiger partial charge on any atom is -0.375 e. The van der Waals surface area contributed by atoms with Crippen molar-refractivity contribution in [3.63, 3.8) is 0 Å². The van der Waals surface area contributed by atoms with Crippen LogP contribution in [0.4, 0.5) is 0 Å². The van der Waals surface area contributed by atoms with Crippen LogP contribution < -0.4 is 16.6 Å². The first-order valence-corrected chi connectivity index (χ1v) is 3.77. The molecule has 64 valence electrons. The van der Waals surface area contributed by atoms with E-state index in [4.69, 9.17) is 5.73 Å². The molecule has 11 heavy (non-hydrogen) atoms. The van der Waals surface area contributed by atoms with Gasteiger partial charge in [0.25, 0.3) is 0 Å². The Balaban J connectivity index is 3.45. The monoisotopic (exact) mass is 175 g/mol. The highest BCUT2D eigenvalue weighted by Gasteiger charge is 2.02. The highest BCUT2D eigenvalue weighted by Crippen LogP contribution is 1.96. The summed E-state index contributed by atoms with van der Waals surface area (Å²) in [6.45, 7) is 3.92. The van der Waals surface area contributed by atoms with Gasteiger partial charge < -0.3 is 5.73 Å². The van der Waals surface area contributed by atoms with Crippen LogP contribution in [0.3, 0.4) is 0 Å². The lowest BCUT2D eigenvalue weighted by molar-refractivity contribution is -0.122. The summed E-state index contributed by atoms with van der Waals surface area (Å²) < 4.78 is 0. The molecule has 1 amide bonds. The number of rotatable bonds is 2. The average molecular weight is 175 g/mol. The number of carbonyl (C=O) groups is 1. The first-order chi connectivity index (χ1) is 5.02. The van der Waals surface area contributed by atoms with Gasteiger partial charge in [-0.15, -0.1) is 0 Å². The fourth-order valence-corrected chi connectivity index (χ4v) is 0.604. The first-order valence-electron chi connectivity index (χ1n) is 3.36. The van der Waals surface area contributed by atoms with Gasteiger partial charge in [-0.25, -0.2) is 0 Å². The summed E-state index contributed by atoms with van der Waals surface area (Å²) in [7, 11) is 0. The number of amides is 1. The number of thiocarbonyl (C=S) groups is 1. The molecule has 0 saturated carbocycles. The third-order valence-electron chi connectivity index (χ3n) is 0.919. The Hall–Kier alpha value is -0.840. The van der Waals surface area contributed by atoms with Gasteiger partial charge in [-0.1, -0.05) is 13.8 Å². The predicted octanol–water partition coefficient (Wildman–Crippen LogP) is -0.103. The number of hydrazine groups is 1. The van der Waals surface area contributed by atoms with Crippen LogP contribution in [0.15, 0.2) is 0 Å². The average Bonchev–Trinajstić information content (AvgIpc) is 1.82. The van der Waals surface area contributed by atoms with E-state index in [0.717, 1.165) is 0 Å². The third-order valence-corrected chi connectivity index (χ3v) is 1.02. The molecule has 0 bridgehead atoms. The van der Waals surface area contributed by atoms with Crippen molar-refractivity contribution in [1.29, 1.82) is 0 Å². The van der Waals surface area contributed by atoms with Crippen molar-refractivity contribution in [2.45, 2.75) is 20.3 Å². The van der Waals surface area contributed by atoms with E-state index in [-0.39, 0.29) is 11.0 Å². The normalized spacial score (nSPS) is 9.36. The number of carbonyl (C=O) groups excluding carboxylic acids is 1. The summed E-state index contributed by atoms with van der Waals surface area (Å²) >= 11 is 4.48. The molecule has 0 aromatic carbocycles. The van der Waals surface area contributed by atoms with Crippen molar-refractivity contribution < 1.29 is 4.79 Å². The number of hydrogen-bond donors (Lipinski definition) is 3. The van der Waals surface area contributed by atoms with Gasteiger partial charge in [0.15, 0.2) is 5.11 Å². The van der Waals surface area contributed by atoms with Crippen molar-refractivity contribution in [2.75, 3.05) is 0 Å². The topological polar surface area (TPSA) is 67.2 Å². The lowest BCUT2D eigenvalue weighted by atomic mass is 10.1. The number of hydrogen-bond acceptors (Lipinski definition) is 2. The summed E-state index contributed by atoms with van der Waals surface area (Å²) in [5.74, 6) is 0.232. The fraction of sp³-hybridized carbons (Fsp3) is 0.667. The van der Waals surface area contributed by atoms with E-state index in [1.807, 2.05) is 13.8 Å². The summed E-state index contributed by atoms with van der Waals surface area (Å²) in [6, 6.07) is 0. The fourth-order valence-electron chi connectivity index (χ4n) is 0.553. The van der Waals surface area contributed by atoms with Crippen molar-refractivity contribution >= 4 is 23.2 Å². The summed E-state index contributed by atoms with van der Waals surface area (Å²) in [6.07, 6.45) is 0.468. The van der Waals surface area contributed by atoms with Gasteiger partial charge in [-0.05, 0) is 18.1 Å². The molecule has 0 radical (unpaired) electrons. The van der Waals surface area contributed by atoms with E-state index in [9.17, 15) is 4.79 Å². The highest BCUT2D eigenvalue weighted by atomic mass is 32.1. The molecule has 0 atom stereocenters. The zero-order valence-electron chi connectivity index (χ0n) is 6.68. The molecule has 0 aliphatic heterocycles. The molecule has 0 saturated heterocycles.